The van der Waals surface area contributed by atoms with Gasteiger partial charge in [0, 0.05) is 28.5 Å². The Labute approximate surface area is 297 Å². The van der Waals surface area contributed by atoms with E-state index >= 15 is 0 Å². The first-order valence-corrected chi connectivity index (χ1v) is 17.8. The van der Waals surface area contributed by atoms with Gasteiger partial charge in [0.15, 0.2) is 5.82 Å². The van der Waals surface area contributed by atoms with E-state index in [9.17, 15) is 0 Å². The third-order valence-corrected chi connectivity index (χ3v) is 11.6. The number of rotatable bonds is 3. The molecule has 2 heteroatoms. The topological polar surface area (TPSA) is 25.8 Å². The summed E-state index contributed by atoms with van der Waals surface area (Å²) < 4.78 is 0. The predicted octanol–water partition coefficient (Wildman–Crippen LogP) is 11.9. The standard InChI is InChI=1S/C49H32N2/c1-2-14-35-30-36(29-26-31(35)12-1)32-24-27-34(28-25-32)48-50-46(40-20-11-15-33-13-3-4-16-37(33)40)45-41-19-7-10-23-44(41)49(47(45)51-48)42-21-8-5-17-38(42)39-18-6-9-22-43(39)49/h1-30,38,42H. The number of allylic oxidation sites excluding steroid dienone is 4. The number of fused-ring (bicyclic) bond motifs is 12. The molecule has 1 aromatic heterocycles. The molecule has 1 spiro atoms. The quantitative estimate of drug-likeness (QED) is 0.191. The third kappa shape index (κ3) is 3.99. The van der Waals surface area contributed by atoms with E-state index < -0.39 is 5.41 Å². The van der Waals surface area contributed by atoms with Crippen molar-refractivity contribution in [1.29, 1.82) is 0 Å². The Hall–Kier alpha value is -6.38. The fourth-order valence-electron chi connectivity index (χ4n) is 9.36. The van der Waals surface area contributed by atoms with Crippen LogP contribution in [0.15, 0.2) is 182 Å². The van der Waals surface area contributed by atoms with Gasteiger partial charge in [-0.1, -0.05) is 176 Å². The van der Waals surface area contributed by atoms with Crippen LogP contribution < -0.4 is 0 Å². The maximum absolute atomic E-state index is 5.70. The zero-order valence-corrected chi connectivity index (χ0v) is 27.9. The predicted molar refractivity (Wildman–Crippen MR) is 210 cm³/mol. The summed E-state index contributed by atoms with van der Waals surface area (Å²) in [6.07, 6.45) is 9.25. The summed E-state index contributed by atoms with van der Waals surface area (Å²) in [6, 6.07) is 57.4. The lowest BCUT2D eigenvalue weighted by Crippen LogP contribution is -2.34. The Morgan fingerprint density at radius 1 is 0.471 bits per heavy atom. The van der Waals surface area contributed by atoms with Gasteiger partial charge in [-0.05, 0) is 61.0 Å². The normalized spacial score (nSPS) is 19.3. The Balaban J connectivity index is 1.19. The van der Waals surface area contributed by atoms with Crippen molar-refractivity contribution in [2.75, 3.05) is 0 Å². The molecule has 0 amide bonds. The largest absolute Gasteiger partial charge is 0.231 e. The first-order valence-electron chi connectivity index (χ1n) is 17.8. The van der Waals surface area contributed by atoms with Crippen LogP contribution in [0.1, 0.15) is 28.3 Å². The van der Waals surface area contributed by atoms with Crippen LogP contribution in [0.25, 0.3) is 66.4 Å². The van der Waals surface area contributed by atoms with Crippen LogP contribution >= 0.6 is 0 Å². The summed E-state index contributed by atoms with van der Waals surface area (Å²) in [5, 5.41) is 4.89. The molecule has 1 heterocycles. The van der Waals surface area contributed by atoms with Crippen LogP contribution in [0.5, 0.6) is 0 Å². The van der Waals surface area contributed by atoms with Crippen molar-refractivity contribution < 1.29 is 0 Å². The zero-order chi connectivity index (χ0) is 33.5. The number of hydrogen-bond acceptors (Lipinski definition) is 2. The van der Waals surface area contributed by atoms with E-state index in [1.807, 2.05) is 0 Å². The molecule has 0 bridgehead atoms. The summed E-state index contributed by atoms with van der Waals surface area (Å²) in [5.74, 6) is 1.22. The van der Waals surface area contributed by atoms with Gasteiger partial charge in [-0.3, -0.25) is 0 Å². The Morgan fingerprint density at radius 2 is 1.14 bits per heavy atom. The lowest BCUT2D eigenvalue weighted by Gasteiger charge is -2.35. The highest BCUT2D eigenvalue weighted by molar-refractivity contribution is 6.02. The summed E-state index contributed by atoms with van der Waals surface area (Å²) in [5.41, 5.74) is 12.6. The Morgan fingerprint density at radius 3 is 2.04 bits per heavy atom. The van der Waals surface area contributed by atoms with Crippen LogP contribution in [-0.4, -0.2) is 9.97 Å². The lowest BCUT2D eigenvalue weighted by molar-refractivity contribution is 0.456. The van der Waals surface area contributed by atoms with E-state index in [1.54, 1.807) is 0 Å². The fraction of sp³-hybridized carbons (Fsp3) is 0.0612. The molecule has 51 heavy (non-hydrogen) atoms. The van der Waals surface area contributed by atoms with Gasteiger partial charge in [-0.15, -0.1) is 0 Å². The van der Waals surface area contributed by atoms with Crippen molar-refractivity contribution >= 4 is 21.5 Å². The summed E-state index contributed by atoms with van der Waals surface area (Å²) in [6.45, 7) is 0. The van der Waals surface area contributed by atoms with Crippen LogP contribution in [0, 0.1) is 5.92 Å². The van der Waals surface area contributed by atoms with E-state index in [0.29, 0.717) is 0 Å². The summed E-state index contributed by atoms with van der Waals surface area (Å²) in [7, 11) is 0. The molecule has 11 rings (SSSR count). The minimum Gasteiger partial charge on any atom is -0.231 e. The molecule has 3 aliphatic carbocycles. The average Bonchev–Trinajstić information content (AvgIpc) is 3.68. The Kier molecular flexibility index (Phi) is 6.03. The molecule has 0 saturated heterocycles. The van der Waals surface area contributed by atoms with Gasteiger partial charge in [0.2, 0.25) is 0 Å². The highest BCUT2D eigenvalue weighted by Crippen LogP contribution is 2.65. The SMILES string of the molecule is C1=CC2c3ccccc3C3(c4ccccc4-c4c(-c5cccc6ccccc56)nc(-c5ccc(-c6ccc7ccccc7c6)cc5)nc43)C2C=C1. The van der Waals surface area contributed by atoms with Gasteiger partial charge in [-0.25, -0.2) is 9.97 Å². The molecule has 0 fully saturated rings. The van der Waals surface area contributed by atoms with Crippen molar-refractivity contribution in [3.05, 3.63) is 204 Å². The highest BCUT2D eigenvalue weighted by atomic mass is 14.9. The van der Waals surface area contributed by atoms with Crippen molar-refractivity contribution in [3.8, 4) is 44.9 Å². The summed E-state index contributed by atoms with van der Waals surface area (Å²) >= 11 is 0. The molecule has 238 valence electrons. The van der Waals surface area contributed by atoms with Crippen molar-refractivity contribution in [1.82, 2.24) is 9.97 Å². The molecule has 0 aliphatic heterocycles. The van der Waals surface area contributed by atoms with E-state index in [-0.39, 0.29) is 11.8 Å². The molecule has 3 unspecified atom stereocenters. The monoisotopic (exact) mass is 648 g/mol. The van der Waals surface area contributed by atoms with E-state index in [1.165, 1.54) is 54.9 Å². The smallest absolute Gasteiger partial charge is 0.160 e. The van der Waals surface area contributed by atoms with Crippen LogP contribution in [0.4, 0.5) is 0 Å². The number of benzene rings is 7. The zero-order valence-electron chi connectivity index (χ0n) is 27.9. The van der Waals surface area contributed by atoms with Gasteiger partial charge in [0.05, 0.1) is 16.8 Å². The van der Waals surface area contributed by atoms with Crippen molar-refractivity contribution in [3.63, 3.8) is 0 Å². The molecule has 0 radical (unpaired) electrons. The van der Waals surface area contributed by atoms with Crippen molar-refractivity contribution in [2.45, 2.75) is 11.3 Å². The first-order chi connectivity index (χ1) is 25.3. The fourth-order valence-corrected chi connectivity index (χ4v) is 9.36. The average molecular weight is 649 g/mol. The summed E-state index contributed by atoms with van der Waals surface area (Å²) in [4.78, 5) is 11.3. The lowest BCUT2D eigenvalue weighted by atomic mass is 9.67. The molecule has 3 atom stereocenters. The van der Waals surface area contributed by atoms with E-state index in [0.717, 1.165) is 33.9 Å². The van der Waals surface area contributed by atoms with Crippen LogP contribution in [0.3, 0.4) is 0 Å². The molecular weight excluding hydrogens is 617 g/mol. The second kappa shape index (κ2) is 10.8. The minimum absolute atomic E-state index is 0.195. The molecule has 8 aromatic rings. The first kappa shape index (κ1) is 28.5. The van der Waals surface area contributed by atoms with Gasteiger partial charge in [0.25, 0.3) is 0 Å². The second-order valence-corrected chi connectivity index (χ2v) is 14.0. The molecule has 0 saturated carbocycles. The molecule has 2 nitrogen and oxygen atoms in total. The number of hydrogen-bond donors (Lipinski definition) is 0. The number of aromatic nitrogens is 2. The maximum atomic E-state index is 5.70. The highest BCUT2D eigenvalue weighted by Gasteiger charge is 2.58. The van der Waals surface area contributed by atoms with E-state index in [2.05, 4.69) is 182 Å². The Bertz CT molecular complexity index is 2770. The molecule has 7 aromatic carbocycles. The van der Waals surface area contributed by atoms with Crippen LogP contribution in [-0.2, 0) is 5.41 Å². The van der Waals surface area contributed by atoms with Gasteiger partial charge < -0.3 is 0 Å². The number of nitrogens with zero attached hydrogens (tertiary/aromatic N) is 2. The van der Waals surface area contributed by atoms with Gasteiger partial charge >= 0.3 is 0 Å². The minimum atomic E-state index is -0.448. The molecule has 3 aliphatic rings. The maximum Gasteiger partial charge on any atom is 0.160 e. The van der Waals surface area contributed by atoms with Crippen LogP contribution in [0.2, 0.25) is 0 Å². The van der Waals surface area contributed by atoms with Gasteiger partial charge in [0.1, 0.15) is 0 Å². The second-order valence-electron chi connectivity index (χ2n) is 14.0. The molecular formula is C49H32N2. The van der Waals surface area contributed by atoms with Gasteiger partial charge in [-0.2, -0.15) is 0 Å². The molecule has 0 N–H and O–H groups in total. The van der Waals surface area contributed by atoms with E-state index in [4.69, 9.17) is 9.97 Å². The third-order valence-electron chi connectivity index (χ3n) is 11.6. The van der Waals surface area contributed by atoms with Crippen molar-refractivity contribution in [2.24, 2.45) is 5.92 Å².